The van der Waals surface area contributed by atoms with Gasteiger partial charge in [0.2, 0.25) is 10.8 Å². The van der Waals surface area contributed by atoms with Crippen LogP contribution < -0.4 is 0 Å². The number of piperidine rings is 1. The zero-order valence-corrected chi connectivity index (χ0v) is 15.8. The first-order valence-corrected chi connectivity index (χ1v) is 9.70. The summed E-state index contributed by atoms with van der Waals surface area (Å²) in [6.07, 6.45) is 2.47. The van der Waals surface area contributed by atoms with Crippen molar-refractivity contribution in [1.29, 1.82) is 0 Å². The van der Waals surface area contributed by atoms with Gasteiger partial charge in [0.25, 0.3) is 0 Å². The van der Waals surface area contributed by atoms with Gasteiger partial charge in [-0.15, -0.1) is 5.10 Å². The molecule has 6 heteroatoms. The number of hydrogen-bond donors (Lipinski definition) is 1. The number of nitrogens with zero attached hydrogens (tertiary/aromatic N) is 4. The Morgan fingerprint density at radius 3 is 2.68 bits per heavy atom. The second kappa shape index (κ2) is 6.42. The van der Waals surface area contributed by atoms with Crippen molar-refractivity contribution in [3.63, 3.8) is 0 Å². The van der Waals surface area contributed by atoms with E-state index in [2.05, 4.69) is 53.1 Å². The van der Waals surface area contributed by atoms with Gasteiger partial charge in [-0.2, -0.15) is 4.52 Å². The van der Waals surface area contributed by atoms with E-state index in [-0.39, 0.29) is 11.9 Å². The standard InChI is InChI=1S/C19H24N4OS/c1-12-6-8-15(9-7-12)16(22-10-4-5-13(2)11-22)17-18(24)23-19(25-17)20-14(3)21-23/h6-9,13,16,24H,4-5,10-11H2,1-3H3/t13-,16-/m1/s1. The molecule has 0 saturated carbocycles. The summed E-state index contributed by atoms with van der Waals surface area (Å²) in [4.78, 5) is 8.63. The van der Waals surface area contributed by atoms with E-state index < -0.39 is 0 Å². The number of thiazole rings is 1. The van der Waals surface area contributed by atoms with Crippen LogP contribution in [0.1, 0.15) is 47.6 Å². The maximum absolute atomic E-state index is 10.8. The Morgan fingerprint density at radius 2 is 2.00 bits per heavy atom. The van der Waals surface area contributed by atoms with E-state index in [9.17, 15) is 5.11 Å². The monoisotopic (exact) mass is 356 g/mol. The molecule has 0 bridgehead atoms. The lowest BCUT2D eigenvalue weighted by molar-refractivity contribution is 0.149. The quantitative estimate of drug-likeness (QED) is 0.772. The summed E-state index contributed by atoms with van der Waals surface area (Å²) in [5, 5.41) is 15.2. The molecule has 2 atom stereocenters. The highest BCUT2D eigenvalue weighted by molar-refractivity contribution is 7.17. The highest BCUT2D eigenvalue weighted by Gasteiger charge is 2.31. The summed E-state index contributed by atoms with van der Waals surface area (Å²) < 4.78 is 1.57. The van der Waals surface area contributed by atoms with Gasteiger partial charge >= 0.3 is 0 Å². The molecule has 3 aromatic rings. The van der Waals surface area contributed by atoms with E-state index >= 15 is 0 Å². The molecule has 1 aliphatic heterocycles. The van der Waals surface area contributed by atoms with Crippen molar-refractivity contribution in [3.05, 3.63) is 46.1 Å². The minimum absolute atomic E-state index is 0.0529. The Balaban J connectivity index is 1.81. The van der Waals surface area contributed by atoms with Crippen LogP contribution in [0.15, 0.2) is 24.3 Å². The molecule has 4 rings (SSSR count). The van der Waals surface area contributed by atoms with Gasteiger partial charge in [0.05, 0.1) is 10.9 Å². The Hall–Kier alpha value is -1.92. The van der Waals surface area contributed by atoms with Crippen LogP contribution >= 0.6 is 11.3 Å². The SMILES string of the molecule is Cc1ccc([C@H](c2sc3nc(C)nn3c2O)N2CCC[C@@H](C)C2)cc1. The van der Waals surface area contributed by atoms with Crippen molar-refractivity contribution in [1.82, 2.24) is 19.5 Å². The van der Waals surface area contributed by atoms with Gasteiger partial charge in [0.1, 0.15) is 5.82 Å². The van der Waals surface area contributed by atoms with Gasteiger partial charge in [0.15, 0.2) is 0 Å². The van der Waals surface area contributed by atoms with Crippen molar-refractivity contribution in [2.75, 3.05) is 13.1 Å². The lowest BCUT2D eigenvalue weighted by atomic mass is 9.95. The van der Waals surface area contributed by atoms with E-state index in [1.807, 2.05) is 6.92 Å². The molecule has 1 fully saturated rings. The number of fused-ring (bicyclic) bond motifs is 1. The van der Waals surface area contributed by atoms with Crippen LogP contribution in [0.4, 0.5) is 0 Å². The predicted molar refractivity (Wildman–Crippen MR) is 100 cm³/mol. The van der Waals surface area contributed by atoms with Crippen LogP contribution in [-0.2, 0) is 0 Å². The van der Waals surface area contributed by atoms with Crippen molar-refractivity contribution in [2.24, 2.45) is 5.92 Å². The Morgan fingerprint density at radius 1 is 1.24 bits per heavy atom. The zero-order chi connectivity index (χ0) is 17.6. The molecule has 1 aromatic carbocycles. The van der Waals surface area contributed by atoms with Crippen LogP contribution in [0.25, 0.3) is 4.96 Å². The maximum Gasteiger partial charge on any atom is 0.230 e. The van der Waals surface area contributed by atoms with E-state index in [0.717, 1.165) is 22.9 Å². The normalized spacial score (nSPS) is 20.2. The van der Waals surface area contributed by atoms with Crippen LogP contribution in [0.3, 0.4) is 0 Å². The summed E-state index contributed by atoms with van der Waals surface area (Å²) in [6, 6.07) is 8.71. The third-order valence-electron chi connectivity index (χ3n) is 5.00. The third kappa shape index (κ3) is 3.04. The summed E-state index contributed by atoms with van der Waals surface area (Å²) in [7, 11) is 0. The molecule has 0 unspecified atom stereocenters. The third-order valence-corrected chi connectivity index (χ3v) is 6.07. The Labute approximate surface area is 151 Å². The molecule has 132 valence electrons. The fraction of sp³-hybridized carbons (Fsp3) is 0.474. The summed E-state index contributed by atoms with van der Waals surface area (Å²) in [6.45, 7) is 8.36. The number of aromatic hydroxyl groups is 1. The smallest absolute Gasteiger partial charge is 0.230 e. The molecule has 1 N–H and O–H groups in total. The molecule has 1 aliphatic rings. The van der Waals surface area contributed by atoms with E-state index in [0.29, 0.717) is 11.7 Å². The molecule has 25 heavy (non-hydrogen) atoms. The van der Waals surface area contributed by atoms with E-state index in [1.165, 1.54) is 24.0 Å². The first-order valence-electron chi connectivity index (χ1n) is 8.88. The average Bonchev–Trinajstić information content (AvgIpc) is 3.08. The Kier molecular flexibility index (Phi) is 4.25. The van der Waals surface area contributed by atoms with Gasteiger partial charge in [-0.3, -0.25) is 4.90 Å². The highest BCUT2D eigenvalue weighted by atomic mass is 32.1. The van der Waals surface area contributed by atoms with Gasteiger partial charge in [-0.05, 0) is 44.7 Å². The van der Waals surface area contributed by atoms with Crippen molar-refractivity contribution in [3.8, 4) is 5.88 Å². The van der Waals surface area contributed by atoms with Gasteiger partial charge < -0.3 is 5.11 Å². The Bertz CT molecular complexity index is 883. The number of hydrogen-bond acceptors (Lipinski definition) is 5. The summed E-state index contributed by atoms with van der Waals surface area (Å²) >= 11 is 1.54. The maximum atomic E-state index is 10.8. The number of likely N-dealkylation sites (tertiary alicyclic amines) is 1. The first-order chi connectivity index (χ1) is 12.0. The minimum Gasteiger partial charge on any atom is -0.492 e. The van der Waals surface area contributed by atoms with Crippen LogP contribution in [-0.4, -0.2) is 37.7 Å². The lowest BCUT2D eigenvalue weighted by Crippen LogP contribution is -2.37. The molecule has 0 amide bonds. The number of aromatic nitrogens is 3. The second-order valence-electron chi connectivity index (χ2n) is 7.20. The van der Waals surface area contributed by atoms with Crippen LogP contribution in [0.5, 0.6) is 5.88 Å². The summed E-state index contributed by atoms with van der Waals surface area (Å²) in [5.74, 6) is 1.59. The summed E-state index contributed by atoms with van der Waals surface area (Å²) in [5.41, 5.74) is 2.47. The van der Waals surface area contributed by atoms with Gasteiger partial charge in [0, 0.05) is 6.54 Å². The van der Waals surface area contributed by atoms with E-state index in [1.54, 1.807) is 15.9 Å². The average molecular weight is 356 g/mol. The molecular formula is C19H24N4OS. The number of benzene rings is 1. The molecule has 5 nitrogen and oxygen atoms in total. The predicted octanol–water partition coefficient (Wildman–Crippen LogP) is 3.93. The fourth-order valence-electron chi connectivity index (χ4n) is 3.76. The lowest BCUT2D eigenvalue weighted by Gasteiger charge is -2.37. The van der Waals surface area contributed by atoms with Crippen molar-refractivity contribution >= 4 is 16.3 Å². The molecule has 0 aliphatic carbocycles. The molecular weight excluding hydrogens is 332 g/mol. The largest absolute Gasteiger partial charge is 0.492 e. The zero-order valence-electron chi connectivity index (χ0n) is 14.9. The van der Waals surface area contributed by atoms with Crippen LogP contribution in [0, 0.1) is 19.8 Å². The molecule has 0 spiro atoms. The number of aryl methyl sites for hydroxylation is 2. The minimum atomic E-state index is 0.0529. The fourth-order valence-corrected chi connectivity index (χ4v) is 4.93. The van der Waals surface area contributed by atoms with Crippen molar-refractivity contribution in [2.45, 2.75) is 39.7 Å². The topological polar surface area (TPSA) is 53.7 Å². The molecule has 1 saturated heterocycles. The number of rotatable bonds is 3. The molecule has 3 heterocycles. The van der Waals surface area contributed by atoms with Gasteiger partial charge in [-0.25, -0.2) is 4.98 Å². The highest BCUT2D eigenvalue weighted by Crippen LogP contribution is 2.41. The second-order valence-corrected chi connectivity index (χ2v) is 8.21. The first kappa shape index (κ1) is 16.5. The van der Waals surface area contributed by atoms with Crippen LogP contribution in [0.2, 0.25) is 0 Å². The van der Waals surface area contributed by atoms with E-state index in [4.69, 9.17) is 0 Å². The van der Waals surface area contributed by atoms with Crippen molar-refractivity contribution < 1.29 is 5.11 Å². The molecule has 2 aromatic heterocycles. The molecule has 0 radical (unpaired) electrons. The van der Waals surface area contributed by atoms with Gasteiger partial charge in [-0.1, -0.05) is 48.1 Å².